The monoisotopic (exact) mass is 494 g/mol. The van der Waals surface area contributed by atoms with Crippen LogP contribution >= 0.6 is 0 Å². The van der Waals surface area contributed by atoms with Crippen LogP contribution in [0.3, 0.4) is 0 Å². The van der Waals surface area contributed by atoms with Crippen molar-refractivity contribution in [2.24, 2.45) is 23.7 Å². The Hall–Kier alpha value is -2.18. The van der Waals surface area contributed by atoms with E-state index in [1.807, 2.05) is 32.9 Å². The molecule has 2 N–H and O–H groups in total. The summed E-state index contributed by atoms with van der Waals surface area (Å²) < 4.78 is 28.6. The van der Waals surface area contributed by atoms with E-state index in [2.05, 4.69) is 22.2 Å². The molecule has 188 valence electrons. The third-order valence-electron chi connectivity index (χ3n) is 8.91. The Bertz CT molecular complexity index is 1140. The molecular weight excluding hydrogens is 456 g/mol. The second kappa shape index (κ2) is 9.36. The van der Waals surface area contributed by atoms with E-state index < -0.39 is 16.1 Å². The predicted molar refractivity (Wildman–Crippen MR) is 140 cm³/mol. The standard InChI is InChI=1S/C29H38N2O3S/c1-4-20(3)27(31-35(33,34)26-11-5-19(2)6-12-26)28(32)30-25-9-7-24(8-10-25)29-16-21-13-22(17-29)15-23(14-21)18-29/h5-12,20-23,27,31H,4,13-18H2,1-3H3,(H,30,32)/t20-,21?,22?,23?,27-,29?/m0/s1. The van der Waals surface area contributed by atoms with Gasteiger partial charge in [-0.25, -0.2) is 8.42 Å². The second-order valence-corrected chi connectivity index (χ2v) is 13.3. The molecule has 0 spiro atoms. The van der Waals surface area contributed by atoms with Crippen molar-refractivity contribution in [3.63, 3.8) is 0 Å². The van der Waals surface area contributed by atoms with Crippen LogP contribution in [0.4, 0.5) is 5.69 Å². The van der Waals surface area contributed by atoms with Crippen LogP contribution in [0.1, 0.15) is 69.9 Å². The average molecular weight is 495 g/mol. The lowest BCUT2D eigenvalue weighted by atomic mass is 9.48. The van der Waals surface area contributed by atoms with Crippen molar-refractivity contribution in [1.82, 2.24) is 4.72 Å². The molecular formula is C29H38N2O3S. The molecule has 0 heterocycles. The SMILES string of the molecule is CC[C@H](C)[C@H](NS(=O)(=O)c1ccc(C)cc1)C(=O)Nc1ccc(C23CC4CC(CC(C4)C2)C3)cc1. The van der Waals surface area contributed by atoms with Crippen molar-refractivity contribution in [2.75, 3.05) is 5.32 Å². The van der Waals surface area contributed by atoms with Crippen LogP contribution in [0.2, 0.25) is 0 Å². The van der Waals surface area contributed by atoms with Gasteiger partial charge < -0.3 is 5.32 Å². The fourth-order valence-corrected chi connectivity index (χ4v) is 8.51. The Morgan fingerprint density at radius 2 is 1.49 bits per heavy atom. The molecule has 4 saturated carbocycles. The van der Waals surface area contributed by atoms with Crippen molar-refractivity contribution >= 4 is 21.6 Å². The minimum atomic E-state index is -3.81. The molecule has 0 radical (unpaired) electrons. The second-order valence-electron chi connectivity index (χ2n) is 11.6. The summed E-state index contributed by atoms with van der Waals surface area (Å²) in [4.78, 5) is 13.4. The van der Waals surface area contributed by atoms with Gasteiger partial charge in [0.2, 0.25) is 15.9 Å². The minimum Gasteiger partial charge on any atom is -0.325 e. The molecule has 0 aromatic heterocycles. The van der Waals surface area contributed by atoms with Gasteiger partial charge in [0.1, 0.15) is 6.04 Å². The van der Waals surface area contributed by atoms with E-state index in [-0.39, 0.29) is 16.7 Å². The Morgan fingerprint density at radius 3 is 2.00 bits per heavy atom. The summed E-state index contributed by atoms with van der Waals surface area (Å²) >= 11 is 0. The van der Waals surface area contributed by atoms with E-state index in [0.29, 0.717) is 17.5 Å². The highest BCUT2D eigenvalue weighted by molar-refractivity contribution is 7.89. The van der Waals surface area contributed by atoms with Gasteiger partial charge in [-0.2, -0.15) is 4.72 Å². The van der Waals surface area contributed by atoms with Gasteiger partial charge in [-0.1, -0.05) is 50.1 Å². The number of carbonyl (C=O) groups excluding carboxylic acids is 1. The molecule has 0 aliphatic heterocycles. The first-order valence-corrected chi connectivity index (χ1v) is 14.7. The highest BCUT2D eigenvalue weighted by Crippen LogP contribution is 2.60. The zero-order valence-corrected chi connectivity index (χ0v) is 21.9. The average Bonchev–Trinajstić information content (AvgIpc) is 2.82. The molecule has 0 saturated heterocycles. The molecule has 2 atom stereocenters. The summed E-state index contributed by atoms with van der Waals surface area (Å²) in [5.74, 6) is 2.19. The Labute approximate surface area is 210 Å². The van der Waals surface area contributed by atoms with Crippen LogP contribution in [-0.4, -0.2) is 20.4 Å². The largest absolute Gasteiger partial charge is 0.325 e. The minimum absolute atomic E-state index is 0.151. The maximum Gasteiger partial charge on any atom is 0.242 e. The number of amides is 1. The zero-order chi connectivity index (χ0) is 24.8. The van der Waals surface area contributed by atoms with Gasteiger partial charge in [0.05, 0.1) is 4.90 Å². The molecule has 6 heteroatoms. The van der Waals surface area contributed by atoms with Crippen LogP contribution < -0.4 is 10.0 Å². The number of nitrogens with one attached hydrogen (secondary N) is 2. The van der Waals surface area contributed by atoms with E-state index in [1.54, 1.807) is 24.3 Å². The predicted octanol–water partition coefficient (Wildman–Crippen LogP) is 5.79. The van der Waals surface area contributed by atoms with Gasteiger partial charge in [0, 0.05) is 5.69 Å². The van der Waals surface area contributed by atoms with Gasteiger partial charge in [-0.3, -0.25) is 4.79 Å². The first-order chi connectivity index (χ1) is 16.7. The smallest absolute Gasteiger partial charge is 0.242 e. The lowest BCUT2D eigenvalue weighted by Crippen LogP contribution is -2.48. The number of hydrogen-bond acceptors (Lipinski definition) is 3. The van der Waals surface area contributed by atoms with Gasteiger partial charge >= 0.3 is 0 Å². The normalized spacial score (nSPS) is 29.1. The van der Waals surface area contributed by atoms with Crippen LogP contribution in [-0.2, 0) is 20.2 Å². The summed E-state index contributed by atoms with van der Waals surface area (Å²) in [7, 11) is -3.81. The van der Waals surface area contributed by atoms with Crippen LogP contribution in [0, 0.1) is 30.6 Å². The number of hydrogen-bond donors (Lipinski definition) is 2. The fraction of sp³-hybridized carbons (Fsp3) is 0.552. The molecule has 4 aliphatic rings. The number of benzene rings is 2. The highest BCUT2D eigenvalue weighted by Gasteiger charge is 2.51. The lowest BCUT2D eigenvalue weighted by molar-refractivity contribution is -0.118. The van der Waals surface area contributed by atoms with Crippen LogP contribution in [0.5, 0.6) is 0 Å². The van der Waals surface area contributed by atoms with Crippen LogP contribution in [0.25, 0.3) is 0 Å². The summed E-state index contributed by atoms with van der Waals surface area (Å²) in [6.45, 7) is 5.77. The zero-order valence-electron chi connectivity index (χ0n) is 21.1. The number of sulfonamides is 1. The molecule has 1 amide bonds. The van der Waals surface area contributed by atoms with Gasteiger partial charge in [0.25, 0.3) is 0 Å². The molecule has 4 aliphatic carbocycles. The van der Waals surface area contributed by atoms with Crippen molar-refractivity contribution in [1.29, 1.82) is 0 Å². The van der Waals surface area contributed by atoms with E-state index in [4.69, 9.17) is 0 Å². The summed E-state index contributed by atoms with van der Waals surface area (Å²) in [6.07, 6.45) is 8.86. The van der Waals surface area contributed by atoms with E-state index in [0.717, 1.165) is 23.3 Å². The Kier molecular flexibility index (Phi) is 6.56. The van der Waals surface area contributed by atoms with Crippen molar-refractivity contribution in [2.45, 2.75) is 82.1 Å². The number of anilines is 1. The van der Waals surface area contributed by atoms with Crippen molar-refractivity contribution < 1.29 is 13.2 Å². The third-order valence-corrected chi connectivity index (χ3v) is 10.4. The number of rotatable bonds is 8. The fourth-order valence-electron chi connectivity index (χ4n) is 7.21. The van der Waals surface area contributed by atoms with E-state index in [9.17, 15) is 13.2 Å². The van der Waals surface area contributed by atoms with E-state index >= 15 is 0 Å². The molecule has 0 unspecified atom stereocenters. The van der Waals surface area contributed by atoms with Crippen LogP contribution in [0.15, 0.2) is 53.4 Å². The van der Waals surface area contributed by atoms with Crippen molar-refractivity contribution in [3.05, 3.63) is 59.7 Å². The molecule has 4 bridgehead atoms. The van der Waals surface area contributed by atoms with Gasteiger partial charge in [-0.15, -0.1) is 0 Å². The molecule has 2 aromatic carbocycles. The first kappa shape index (κ1) is 24.5. The molecule has 6 rings (SSSR count). The number of aryl methyl sites for hydroxylation is 1. The van der Waals surface area contributed by atoms with E-state index in [1.165, 1.54) is 44.1 Å². The first-order valence-electron chi connectivity index (χ1n) is 13.2. The maximum absolute atomic E-state index is 13.2. The van der Waals surface area contributed by atoms with Gasteiger partial charge in [-0.05, 0) is 104 Å². The molecule has 5 nitrogen and oxygen atoms in total. The molecule has 35 heavy (non-hydrogen) atoms. The van der Waals surface area contributed by atoms with Crippen molar-refractivity contribution in [3.8, 4) is 0 Å². The molecule has 2 aromatic rings. The third kappa shape index (κ3) is 4.92. The van der Waals surface area contributed by atoms with Gasteiger partial charge in [0.15, 0.2) is 0 Å². The summed E-state index contributed by atoms with van der Waals surface area (Å²) in [5, 5.41) is 2.98. The number of carbonyl (C=O) groups is 1. The summed E-state index contributed by atoms with van der Waals surface area (Å²) in [5.41, 5.74) is 3.43. The lowest BCUT2D eigenvalue weighted by Gasteiger charge is -2.57. The quantitative estimate of drug-likeness (QED) is 0.487. The maximum atomic E-state index is 13.2. The topological polar surface area (TPSA) is 75.3 Å². The Morgan fingerprint density at radius 1 is 0.943 bits per heavy atom. The molecule has 4 fully saturated rings. The highest BCUT2D eigenvalue weighted by atomic mass is 32.2. The summed E-state index contributed by atoms with van der Waals surface area (Å²) in [6, 6.07) is 14.2. The Balaban J connectivity index is 1.30.